The Morgan fingerprint density at radius 3 is 2.75 bits per heavy atom. The minimum atomic E-state index is -0.466. The summed E-state index contributed by atoms with van der Waals surface area (Å²) in [4.78, 5) is 14.2. The Labute approximate surface area is 138 Å². The molecule has 1 aliphatic rings. The van der Waals surface area contributed by atoms with Crippen molar-refractivity contribution in [1.82, 2.24) is 15.5 Å². The van der Waals surface area contributed by atoms with Crippen molar-refractivity contribution in [3.05, 3.63) is 33.1 Å². The van der Waals surface area contributed by atoms with Crippen LogP contribution in [0.1, 0.15) is 10.4 Å². The first-order valence-electron chi connectivity index (χ1n) is 6.34. The van der Waals surface area contributed by atoms with Crippen LogP contribution < -0.4 is 10.6 Å². The number of carbonyl (C=O) groups is 1. The van der Waals surface area contributed by atoms with Crippen LogP contribution in [-0.4, -0.2) is 50.1 Å². The van der Waals surface area contributed by atoms with E-state index < -0.39 is 5.82 Å². The summed E-state index contributed by atoms with van der Waals surface area (Å²) < 4.78 is 14.2. The van der Waals surface area contributed by atoms with Crippen molar-refractivity contribution in [1.29, 1.82) is 0 Å². The fourth-order valence-corrected chi connectivity index (χ4v) is 2.78. The van der Waals surface area contributed by atoms with Crippen molar-refractivity contribution in [2.45, 2.75) is 0 Å². The average molecular weight is 414 g/mol. The molecular weight excluding hydrogens is 396 g/mol. The number of halogens is 3. The molecule has 1 aromatic carbocycles. The number of hydrogen-bond donors (Lipinski definition) is 2. The monoisotopic (exact) mass is 413 g/mol. The average Bonchev–Trinajstić information content (AvgIpc) is 2.40. The van der Waals surface area contributed by atoms with Crippen molar-refractivity contribution in [3.63, 3.8) is 0 Å². The maximum atomic E-state index is 13.6. The predicted molar refractivity (Wildman–Crippen MR) is 88.0 cm³/mol. The number of benzene rings is 1. The highest BCUT2D eigenvalue weighted by molar-refractivity contribution is 14.1. The molecule has 0 saturated carbocycles. The van der Waals surface area contributed by atoms with Crippen molar-refractivity contribution in [2.24, 2.45) is 0 Å². The van der Waals surface area contributed by atoms with Crippen LogP contribution in [0.5, 0.6) is 0 Å². The van der Waals surface area contributed by atoms with Gasteiger partial charge in [0, 0.05) is 42.8 Å². The summed E-state index contributed by atoms with van der Waals surface area (Å²) in [5.41, 5.74) is 0.142. The van der Waals surface area contributed by atoms with Gasteiger partial charge in [0.15, 0.2) is 0 Å². The van der Waals surface area contributed by atoms with Crippen LogP contribution in [0.2, 0.25) is 0 Å². The Bertz CT molecular complexity index is 435. The van der Waals surface area contributed by atoms with E-state index in [1.807, 2.05) is 22.6 Å². The fourth-order valence-electron chi connectivity index (χ4n) is 2.07. The number of amides is 1. The van der Waals surface area contributed by atoms with Gasteiger partial charge in [0.05, 0.1) is 5.56 Å². The smallest absolute Gasteiger partial charge is 0.255 e. The molecule has 0 aromatic heterocycles. The van der Waals surface area contributed by atoms with Crippen LogP contribution in [0.25, 0.3) is 0 Å². The van der Waals surface area contributed by atoms with Gasteiger partial charge in [0.2, 0.25) is 0 Å². The Kier molecular flexibility index (Phi) is 7.71. The normalized spacial score (nSPS) is 15.5. The third kappa shape index (κ3) is 4.83. The molecule has 4 nitrogen and oxygen atoms in total. The zero-order chi connectivity index (χ0) is 13.7. The van der Waals surface area contributed by atoms with E-state index in [1.165, 1.54) is 6.07 Å². The van der Waals surface area contributed by atoms with E-state index in [2.05, 4.69) is 15.5 Å². The summed E-state index contributed by atoms with van der Waals surface area (Å²) in [6.45, 7) is 5.31. The minimum Gasteiger partial charge on any atom is -0.351 e. The largest absolute Gasteiger partial charge is 0.351 e. The Balaban J connectivity index is 0.00000200. The van der Waals surface area contributed by atoms with Crippen LogP contribution in [0.3, 0.4) is 0 Å². The van der Waals surface area contributed by atoms with Crippen LogP contribution in [0.15, 0.2) is 18.2 Å². The van der Waals surface area contributed by atoms with E-state index in [-0.39, 0.29) is 23.9 Å². The zero-order valence-corrected chi connectivity index (χ0v) is 14.0. The van der Waals surface area contributed by atoms with Gasteiger partial charge in [-0.1, -0.05) is 6.07 Å². The summed E-state index contributed by atoms with van der Waals surface area (Å²) in [7, 11) is 0. The summed E-state index contributed by atoms with van der Waals surface area (Å²) in [6.07, 6.45) is 0. The molecule has 1 amide bonds. The molecule has 0 radical (unpaired) electrons. The Morgan fingerprint density at radius 2 is 2.10 bits per heavy atom. The first-order valence-corrected chi connectivity index (χ1v) is 7.41. The topological polar surface area (TPSA) is 44.4 Å². The first kappa shape index (κ1) is 17.6. The van der Waals surface area contributed by atoms with Gasteiger partial charge in [-0.05, 0) is 34.7 Å². The Morgan fingerprint density at radius 1 is 1.40 bits per heavy atom. The van der Waals surface area contributed by atoms with Gasteiger partial charge in [-0.25, -0.2) is 4.39 Å². The van der Waals surface area contributed by atoms with Crippen LogP contribution in [-0.2, 0) is 0 Å². The van der Waals surface area contributed by atoms with Crippen LogP contribution >= 0.6 is 35.0 Å². The molecule has 2 rings (SSSR count). The molecule has 0 bridgehead atoms. The maximum absolute atomic E-state index is 13.6. The standard InChI is InChI=1S/C13H17FIN3O.ClH/c14-10-2-1-3-11(15)12(10)13(19)17-6-9-18-7-4-16-5-8-18;/h1-3,16H,4-9H2,(H,17,19);1H. The van der Waals surface area contributed by atoms with Gasteiger partial charge in [0.25, 0.3) is 5.91 Å². The highest BCUT2D eigenvalue weighted by Gasteiger charge is 2.15. The molecule has 0 unspecified atom stereocenters. The first-order chi connectivity index (χ1) is 9.18. The van der Waals surface area contributed by atoms with Crippen molar-refractivity contribution < 1.29 is 9.18 Å². The molecule has 1 aliphatic heterocycles. The summed E-state index contributed by atoms with van der Waals surface area (Å²) in [6, 6.07) is 4.65. The van der Waals surface area contributed by atoms with Gasteiger partial charge in [-0.15, -0.1) is 12.4 Å². The second-order valence-electron chi connectivity index (χ2n) is 4.44. The fraction of sp³-hybridized carbons (Fsp3) is 0.462. The zero-order valence-electron chi connectivity index (χ0n) is 11.0. The molecule has 20 heavy (non-hydrogen) atoms. The minimum absolute atomic E-state index is 0. The summed E-state index contributed by atoms with van der Waals surface area (Å²) in [5, 5.41) is 6.06. The molecule has 1 saturated heterocycles. The molecule has 1 fully saturated rings. The highest BCUT2D eigenvalue weighted by atomic mass is 127. The SMILES string of the molecule is Cl.O=C(NCCN1CCNCC1)c1c(F)cccc1I. The van der Waals surface area contributed by atoms with Crippen molar-refractivity contribution in [3.8, 4) is 0 Å². The number of nitrogens with one attached hydrogen (secondary N) is 2. The number of hydrogen-bond acceptors (Lipinski definition) is 3. The molecule has 112 valence electrons. The number of nitrogens with zero attached hydrogens (tertiary/aromatic N) is 1. The summed E-state index contributed by atoms with van der Waals surface area (Å²) in [5.74, 6) is -0.802. The van der Waals surface area contributed by atoms with Gasteiger partial charge >= 0.3 is 0 Å². The molecular formula is C13H18ClFIN3O. The van der Waals surface area contributed by atoms with E-state index in [9.17, 15) is 9.18 Å². The number of piperazine rings is 1. The lowest BCUT2D eigenvalue weighted by Crippen LogP contribution is -2.46. The van der Waals surface area contributed by atoms with Gasteiger partial charge in [0.1, 0.15) is 5.82 Å². The molecule has 2 N–H and O–H groups in total. The van der Waals surface area contributed by atoms with Crippen molar-refractivity contribution >= 4 is 40.9 Å². The van der Waals surface area contributed by atoms with E-state index in [0.29, 0.717) is 10.1 Å². The highest BCUT2D eigenvalue weighted by Crippen LogP contribution is 2.15. The van der Waals surface area contributed by atoms with Crippen molar-refractivity contribution in [2.75, 3.05) is 39.3 Å². The number of rotatable bonds is 4. The van der Waals surface area contributed by atoms with Gasteiger partial charge in [-0.3, -0.25) is 9.69 Å². The van der Waals surface area contributed by atoms with E-state index >= 15 is 0 Å². The second-order valence-corrected chi connectivity index (χ2v) is 5.61. The molecule has 1 aromatic rings. The lowest BCUT2D eigenvalue weighted by molar-refractivity contribution is 0.0942. The van der Waals surface area contributed by atoms with Gasteiger partial charge < -0.3 is 10.6 Å². The molecule has 0 spiro atoms. The summed E-state index contributed by atoms with van der Waals surface area (Å²) >= 11 is 1.98. The maximum Gasteiger partial charge on any atom is 0.255 e. The quantitative estimate of drug-likeness (QED) is 0.735. The van der Waals surface area contributed by atoms with Crippen LogP contribution in [0, 0.1) is 9.39 Å². The predicted octanol–water partition coefficient (Wildman–Crippen LogP) is 1.49. The third-order valence-corrected chi connectivity index (χ3v) is 4.01. The molecule has 1 heterocycles. The van der Waals surface area contributed by atoms with E-state index in [4.69, 9.17) is 0 Å². The van der Waals surface area contributed by atoms with Gasteiger partial charge in [-0.2, -0.15) is 0 Å². The van der Waals surface area contributed by atoms with E-state index in [1.54, 1.807) is 12.1 Å². The second kappa shape index (κ2) is 8.76. The van der Waals surface area contributed by atoms with Crippen LogP contribution in [0.4, 0.5) is 4.39 Å². The Hall–Kier alpha value is -0.440. The molecule has 7 heteroatoms. The lowest BCUT2D eigenvalue weighted by Gasteiger charge is -2.27. The molecule has 0 atom stereocenters. The molecule has 0 aliphatic carbocycles. The van der Waals surface area contributed by atoms with E-state index in [0.717, 1.165) is 32.7 Å². The lowest BCUT2D eigenvalue weighted by atomic mass is 10.2. The number of carbonyl (C=O) groups excluding carboxylic acids is 1. The third-order valence-electron chi connectivity index (χ3n) is 3.11.